The number of carbonyl (C=O) groups is 1. The number of benzene rings is 2. The monoisotopic (exact) mass is 425 g/mol. The molecule has 2 aliphatic heterocycles. The van der Waals surface area contributed by atoms with Crippen LogP contribution in [0.2, 0.25) is 0 Å². The fourth-order valence-electron chi connectivity index (χ4n) is 4.75. The van der Waals surface area contributed by atoms with Gasteiger partial charge in [-0.05, 0) is 35.7 Å². The molecule has 2 aliphatic rings. The standard InChI is InChI=1S/C25H23N5O2/c1-32-19-10-12-29(15-19)25-26-11-9-21-23(17-7-8-20-18(13-17)14-22(31)27-20)24(28-30(21)25)16-5-3-2-4-6-16/h2-9,11,13,19H,10,12,14-15H2,1H3,(H,27,31)/t19-/m1/s1. The van der Waals surface area contributed by atoms with Crippen LogP contribution in [0.25, 0.3) is 27.9 Å². The first-order valence-corrected chi connectivity index (χ1v) is 10.9. The number of fused-ring (bicyclic) bond motifs is 2. The van der Waals surface area contributed by atoms with Gasteiger partial charge >= 0.3 is 0 Å². The van der Waals surface area contributed by atoms with Crippen LogP contribution < -0.4 is 10.2 Å². The molecule has 1 atom stereocenters. The zero-order valence-electron chi connectivity index (χ0n) is 17.8. The lowest BCUT2D eigenvalue weighted by atomic mass is 9.97. The van der Waals surface area contributed by atoms with Crippen molar-refractivity contribution in [2.75, 3.05) is 30.4 Å². The van der Waals surface area contributed by atoms with E-state index < -0.39 is 0 Å². The Morgan fingerprint density at radius 1 is 1.09 bits per heavy atom. The minimum absolute atomic E-state index is 0.0357. The van der Waals surface area contributed by atoms with Crippen LogP contribution in [0, 0.1) is 0 Å². The number of anilines is 2. The van der Waals surface area contributed by atoms with Crippen molar-refractivity contribution in [1.82, 2.24) is 14.6 Å². The summed E-state index contributed by atoms with van der Waals surface area (Å²) in [4.78, 5) is 18.8. The lowest BCUT2D eigenvalue weighted by Crippen LogP contribution is -2.25. The van der Waals surface area contributed by atoms with Gasteiger partial charge in [0.25, 0.3) is 0 Å². The van der Waals surface area contributed by atoms with E-state index in [-0.39, 0.29) is 12.0 Å². The van der Waals surface area contributed by atoms with Gasteiger partial charge in [0.1, 0.15) is 5.69 Å². The Bertz CT molecular complexity index is 1330. The van der Waals surface area contributed by atoms with Crippen molar-refractivity contribution in [3.63, 3.8) is 0 Å². The predicted molar refractivity (Wildman–Crippen MR) is 124 cm³/mol. The third kappa shape index (κ3) is 3.05. The summed E-state index contributed by atoms with van der Waals surface area (Å²) < 4.78 is 7.51. The van der Waals surface area contributed by atoms with Crippen LogP contribution >= 0.6 is 0 Å². The first-order valence-electron chi connectivity index (χ1n) is 10.9. The third-order valence-corrected chi connectivity index (χ3v) is 6.36. The average Bonchev–Trinajstić information content (AvgIpc) is 3.54. The van der Waals surface area contributed by atoms with Crippen LogP contribution in [0.3, 0.4) is 0 Å². The maximum absolute atomic E-state index is 11.9. The Kier molecular flexibility index (Phi) is 4.43. The molecule has 0 radical (unpaired) electrons. The van der Waals surface area contributed by atoms with E-state index in [0.717, 1.165) is 64.6 Å². The van der Waals surface area contributed by atoms with Gasteiger partial charge in [-0.3, -0.25) is 4.79 Å². The summed E-state index contributed by atoms with van der Waals surface area (Å²) in [5.41, 5.74) is 6.94. The molecule has 1 amide bonds. The summed E-state index contributed by atoms with van der Waals surface area (Å²) in [6.07, 6.45) is 3.43. The van der Waals surface area contributed by atoms with E-state index in [0.29, 0.717) is 6.42 Å². The van der Waals surface area contributed by atoms with Crippen molar-refractivity contribution >= 4 is 23.1 Å². The van der Waals surface area contributed by atoms with Crippen LogP contribution in [0.15, 0.2) is 60.8 Å². The Labute approximate surface area is 185 Å². The predicted octanol–water partition coefficient (Wildman–Crippen LogP) is 3.78. The summed E-state index contributed by atoms with van der Waals surface area (Å²) in [5, 5.41) is 7.97. The molecule has 1 fully saturated rings. The van der Waals surface area contributed by atoms with E-state index in [4.69, 9.17) is 9.84 Å². The van der Waals surface area contributed by atoms with Crippen molar-refractivity contribution in [1.29, 1.82) is 0 Å². The van der Waals surface area contributed by atoms with Crippen LogP contribution in [-0.2, 0) is 16.0 Å². The quantitative estimate of drug-likeness (QED) is 0.539. The van der Waals surface area contributed by atoms with E-state index in [9.17, 15) is 4.79 Å². The smallest absolute Gasteiger partial charge is 0.228 e. The highest BCUT2D eigenvalue weighted by Gasteiger charge is 2.27. The maximum atomic E-state index is 11.9. The van der Waals surface area contributed by atoms with Crippen LogP contribution in [-0.4, -0.2) is 46.8 Å². The molecule has 0 saturated carbocycles. The Balaban J connectivity index is 1.56. The second-order valence-corrected chi connectivity index (χ2v) is 8.32. The number of hydrogen-bond acceptors (Lipinski definition) is 5. The number of amides is 1. The number of ether oxygens (including phenoxy) is 1. The van der Waals surface area contributed by atoms with Crippen molar-refractivity contribution in [2.24, 2.45) is 0 Å². The Hall–Kier alpha value is -3.71. The highest BCUT2D eigenvalue weighted by Crippen LogP contribution is 2.38. The van der Waals surface area contributed by atoms with Gasteiger partial charge < -0.3 is 15.0 Å². The minimum Gasteiger partial charge on any atom is -0.380 e. The minimum atomic E-state index is 0.0357. The van der Waals surface area contributed by atoms with Crippen molar-refractivity contribution < 1.29 is 9.53 Å². The molecule has 160 valence electrons. The second-order valence-electron chi connectivity index (χ2n) is 8.32. The molecule has 2 aromatic carbocycles. The molecule has 1 N–H and O–H groups in total. The molecule has 0 bridgehead atoms. The molecule has 2 aromatic heterocycles. The maximum Gasteiger partial charge on any atom is 0.228 e. The van der Waals surface area contributed by atoms with Gasteiger partial charge in [0.05, 0.1) is 18.0 Å². The third-order valence-electron chi connectivity index (χ3n) is 6.36. The number of hydrogen-bond donors (Lipinski definition) is 1. The molecule has 32 heavy (non-hydrogen) atoms. The molecule has 7 nitrogen and oxygen atoms in total. The number of carbonyl (C=O) groups excluding carboxylic acids is 1. The first kappa shape index (κ1) is 19.0. The van der Waals surface area contributed by atoms with E-state index in [1.54, 1.807) is 7.11 Å². The van der Waals surface area contributed by atoms with Crippen LogP contribution in [0.4, 0.5) is 11.6 Å². The average molecular weight is 425 g/mol. The van der Waals surface area contributed by atoms with Crippen LogP contribution in [0.1, 0.15) is 12.0 Å². The van der Waals surface area contributed by atoms with Gasteiger partial charge in [0.15, 0.2) is 0 Å². The highest BCUT2D eigenvalue weighted by molar-refractivity contribution is 6.01. The lowest BCUT2D eigenvalue weighted by molar-refractivity contribution is -0.115. The molecule has 0 unspecified atom stereocenters. The molecule has 7 heteroatoms. The molecular formula is C25H23N5O2. The van der Waals surface area contributed by atoms with Gasteiger partial charge in [-0.2, -0.15) is 9.61 Å². The SMILES string of the molecule is CO[C@@H]1CCN(c2nccc3c(-c4ccc5c(c4)CC(=O)N5)c(-c4ccccc4)nn23)C1. The first-order chi connectivity index (χ1) is 15.7. The summed E-state index contributed by atoms with van der Waals surface area (Å²) >= 11 is 0. The molecule has 4 heterocycles. The largest absolute Gasteiger partial charge is 0.380 e. The zero-order valence-corrected chi connectivity index (χ0v) is 17.8. The molecule has 1 saturated heterocycles. The summed E-state index contributed by atoms with van der Waals surface area (Å²) in [7, 11) is 1.76. The van der Waals surface area contributed by atoms with E-state index in [1.165, 1.54) is 0 Å². The van der Waals surface area contributed by atoms with E-state index in [1.807, 2.05) is 41.0 Å². The van der Waals surface area contributed by atoms with Gasteiger partial charge in [-0.15, -0.1) is 0 Å². The van der Waals surface area contributed by atoms with Gasteiger partial charge in [0, 0.05) is 43.2 Å². The van der Waals surface area contributed by atoms with Crippen LogP contribution in [0.5, 0.6) is 0 Å². The summed E-state index contributed by atoms with van der Waals surface area (Å²) in [6, 6.07) is 18.4. The molecule has 6 rings (SSSR count). The molecule has 0 aliphatic carbocycles. The molecule has 0 spiro atoms. The highest BCUT2D eigenvalue weighted by atomic mass is 16.5. The van der Waals surface area contributed by atoms with Crippen molar-refractivity contribution in [3.05, 3.63) is 66.4 Å². The molecular weight excluding hydrogens is 402 g/mol. The fourth-order valence-corrected chi connectivity index (χ4v) is 4.75. The number of nitrogens with zero attached hydrogens (tertiary/aromatic N) is 4. The Morgan fingerprint density at radius 3 is 2.78 bits per heavy atom. The second kappa shape index (κ2) is 7.46. The normalized spacial score (nSPS) is 17.7. The summed E-state index contributed by atoms with van der Waals surface area (Å²) in [5.74, 6) is 0.858. The Morgan fingerprint density at radius 2 is 1.97 bits per heavy atom. The lowest BCUT2D eigenvalue weighted by Gasteiger charge is -2.17. The van der Waals surface area contributed by atoms with E-state index in [2.05, 4.69) is 39.5 Å². The number of methoxy groups -OCH3 is 1. The van der Waals surface area contributed by atoms with Gasteiger partial charge in [0.2, 0.25) is 11.9 Å². The van der Waals surface area contributed by atoms with Gasteiger partial charge in [-0.25, -0.2) is 4.98 Å². The van der Waals surface area contributed by atoms with Crippen molar-refractivity contribution in [2.45, 2.75) is 18.9 Å². The van der Waals surface area contributed by atoms with Crippen molar-refractivity contribution in [3.8, 4) is 22.4 Å². The number of rotatable bonds is 4. The zero-order chi connectivity index (χ0) is 21.7. The van der Waals surface area contributed by atoms with E-state index >= 15 is 0 Å². The fraction of sp³-hybridized carbons (Fsp3) is 0.240. The van der Waals surface area contributed by atoms with Gasteiger partial charge in [-0.1, -0.05) is 36.4 Å². The topological polar surface area (TPSA) is 71.8 Å². The number of aromatic nitrogens is 3. The molecule has 4 aromatic rings. The number of nitrogens with one attached hydrogen (secondary N) is 1. The summed E-state index contributed by atoms with van der Waals surface area (Å²) in [6.45, 7) is 1.68.